The number of rotatable bonds is 3. The van der Waals surface area contributed by atoms with E-state index in [2.05, 4.69) is 4.90 Å². The van der Waals surface area contributed by atoms with Gasteiger partial charge in [-0.2, -0.15) is 0 Å². The predicted octanol–water partition coefficient (Wildman–Crippen LogP) is 2.45. The van der Waals surface area contributed by atoms with Gasteiger partial charge < -0.3 is 4.74 Å². The van der Waals surface area contributed by atoms with Gasteiger partial charge in [-0.1, -0.05) is 20.3 Å². The fourth-order valence-electron chi connectivity index (χ4n) is 3.13. The maximum absolute atomic E-state index is 11.5. The summed E-state index contributed by atoms with van der Waals surface area (Å²) in [6.07, 6.45) is 6.47. The van der Waals surface area contributed by atoms with Crippen LogP contribution >= 0.6 is 0 Å². The van der Waals surface area contributed by atoms with Gasteiger partial charge in [-0.25, -0.2) is 0 Å². The van der Waals surface area contributed by atoms with Crippen molar-refractivity contribution >= 4 is 5.97 Å². The molecule has 0 N–H and O–H groups in total. The smallest absolute Gasteiger partial charge is 0.308 e. The van der Waals surface area contributed by atoms with E-state index in [-0.39, 0.29) is 11.9 Å². The molecule has 0 aromatic carbocycles. The Morgan fingerprint density at radius 2 is 2.00 bits per heavy atom. The molecule has 0 saturated carbocycles. The van der Waals surface area contributed by atoms with Gasteiger partial charge in [0.25, 0.3) is 0 Å². The molecule has 2 aliphatic heterocycles. The lowest BCUT2D eigenvalue weighted by atomic mass is 9.84. The molecule has 0 aromatic heterocycles. The first-order valence-electron chi connectivity index (χ1n) is 7.09. The zero-order valence-corrected chi connectivity index (χ0v) is 11.2. The monoisotopic (exact) mass is 239 g/mol. The number of carbonyl (C=O) groups is 1. The van der Waals surface area contributed by atoms with E-state index in [1.165, 1.54) is 45.2 Å². The van der Waals surface area contributed by atoms with Crippen molar-refractivity contribution < 1.29 is 9.53 Å². The highest BCUT2D eigenvalue weighted by atomic mass is 16.5. The molecule has 0 aliphatic carbocycles. The zero-order chi connectivity index (χ0) is 12.3. The molecule has 2 heterocycles. The highest BCUT2D eigenvalue weighted by molar-refractivity contribution is 5.71. The van der Waals surface area contributed by atoms with E-state index in [9.17, 15) is 4.79 Å². The van der Waals surface area contributed by atoms with Gasteiger partial charge in [-0.15, -0.1) is 0 Å². The number of esters is 1. The normalized spacial score (nSPS) is 30.1. The summed E-state index contributed by atoms with van der Waals surface area (Å²) in [7, 11) is 0. The first kappa shape index (κ1) is 12.9. The van der Waals surface area contributed by atoms with Crippen molar-refractivity contribution in [1.29, 1.82) is 0 Å². The Kier molecular flexibility index (Phi) is 4.43. The van der Waals surface area contributed by atoms with Crippen LogP contribution in [0.2, 0.25) is 0 Å². The molecule has 2 rings (SSSR count). The van der Waals surface area contributed by atoms with Crippen molar-refractivity contribution in [3.05, 3.63) is 0 Å². The highest BCUT2D eigenvalue weighted by Crippen LogP contribution is 2.31. The van der Waals surface area contributed by atoms with Gasteiger partial charge in [0.05, 0.1) is 12.5 Å². The predicted molar refractivity (Wildman–Crippen MR) is 67.7 cm³/mol. The topological polar surface area (TPSA) is 29.5 Å². The van der Waals surface area contributed by atoms with Crippen molar-refractivity contribution in [1.82, 2.24) is 4.90 Å². The first-order valence-corrected chi connectivity index (χ1v) is 7.09. The molecule has 0 aromatic rings. The number of piperidine rings is 2. The quantitative estimate of drug-likeness (QED) is 0.709. The summed E-state index contributed by atoms with van der Waals surface area (Å²) >= 11 is 0. The van der Waals surface area contributed by atoms with Crippen molar-refractivity contribution in [3.63, 3.8) is 0 Å². The molecule has 2 aliphatic rings. The van der Waals surface area contributed by atoms with Crippen LogP contribution in [0, 0.1) is 11.8 Å². The Bertz CT molecular complexity index is 263. The van der Waals surface area contributed by atoms with E-state index in [0.29, 0.717) is 18.6 Å². The molecule has 2 fully saturated rings. The summed E-state index contributed by atoms with van der Waals surface area (Å²) in [5.41, 5.74) is 0. The minimum Gasteiger partial charge on any atom is -0.465 e. The van der Waals surface area contributed by atoms with Crippen LogP contribution in [0.4, 0.5) is 0 Å². The van der Waals surface area contributed by atoms with E-state index in [1.807, 2.05) is 13.8 Å². The van der Waals surface area contributed by atoms with Gasteiger partial charge in [-0.05, 0) is 38.8 Å². The third-order valence-corrected chi connectivity index (χ3v) is 4.14. The summed E-state index contributed by atoms with van der Waals surface area (Å²) in [5, 5.41) is 0. The molecular weight excluding hydrogens is 214 g/mol. The van der Waals surface area contributed by atoms with Crippen molar-refractivity contribution in [2.75, 3.05) is 19.7 Å². The van der Waals surface area contributed by atoms with Gasteiger partial charge in [-0.3, -0.25) is 9.69 Å². The molecule has 17 heavy (non-hydrogen) atoms. The standard InChI is InChI=1S/C14H25NO2/c1-11(2)14(16)17-10-12-6-5-9-15-8-4-3-7-13(12)15/h11-13H,3-10H2,1-2H3/t12-,13+/m0/s1. The van der Waals surface area contributed by atoms with Crippen molar-refractivity contribution in [3.8, 4) is 0 Å². The number of fused-ring (bicyclic) bond motifs is 1. The number of nitrogens with zero attached hydrogens (tertiary/aromatic N) is 1. The Labute approximate surface area is 105 Å². The molecule has 2 saturated heterocycles. The van der Waals surface area contributed by atoms with Gasteiger partial charge in [0, 0.05) is 12.0 Å². The average Bonchev–Trinajstić information content (AvgIpc) is 2.35. The second kappa shape index (κ2) is 5.85. The van der Waals surface area contributed by atoms with Crippen molar-refractivity contribution in [2.24, 2.45) is 11.8 Å². The third-order valence-electron chi connectivity index (χ3n) is 4.14. The lowest BCUT2D eigenvalue weighted by Gasteiger charge is -2.44. The second-order valence-corrected chi connectivity index (χ2v) is 5.79. The van der Waals surface area contributed by atoms with E-state index in [1.54, 1.807) is 0 Å². The molecule has 0 bridgehead atoms. The minimum atomic E-state index is -0.0436. The van der Waals surface area contributed by atoms with Gasteiger partial charge in [0.1, 0.15) is 0 Å². The molecule has 3 nitrogen and oxygen atoms in total. The molecule has 0 spiro atoms. The Balaban J connectivity index is 1.84. The summed E-state index contributed by atoms with van der Waals surface area (Å²) < 4.78 is 5.43. The van der Waals surface area contributed by atoms with E-state index >= 15 is 0 Å². The molecule has 0 unspecified atom stereocenters. The summed E-state index contributed by atoms with van der Waals surface area (Å²) in [4.78, 5) is 14.1. The van der Waals surface area contributed by atoms with E-state index in [4.69, 9.17) is 4.74 Å². The van der Waals surface area contributed by atoms with Crippen LogP contribution < -0.4 is 0 Å². The summed E-state index contributed by atoms with van der Waals surface area (Å²) in [5.74, 6) is 0.533. The maximum Gasteiger partial charge on any atom is 0.308 e. The SMILES string of the molecule is CC(C)C(=O)OC[C@@H]1CCCN2CCCC[C@H]12. The summed E-state index contributed by atoms with van der Waals surface area (Å²) in [6.45, 7) is 6.93. The van der Waals surface area contributed by atoms with Gasteiger partial charge in [0.15, 0.2) is 0 Å². The lowest BCUT2D eigenvalue weighted by molar-refractivity contribution is -0.150. The molecule has 98 valence electrons. The Hall–Kier alpha value is -0.570. The third kappa shape index (κ3) is 3.21. The van der Waals surface area contributed by atoms with E-state index < -0.39 is 0 Å². The minimum absolute atomic E-state index is 0.000972. The molecule has 2 atom stereocenters. The van der Waals surface area contributed by atoms with Crippen LogP contribution in [-0.2, 0) is 9.53 Å². The van der Waals surface area contributed by atoms with E-state index in [0.717, 1.165) is 0 Å². The number of ether oxygens (including phenoxy) is 1. The van der Waals surface area contributed by atoms with Crippen LogP contribution in [-0.4, -0.2) is 36.6 Å². The Morgan fingerprint density at radius 1 is 1.24 bits per heavy atom. The fourth-order valence-corrected chi connectivity index (χ4v) is 3.13. The van der Waals surface area contributed by atoms with Gasteiger partial charge in [0.2, 0.25) is 0 Å². The van der Waals surface area contributed by atoms with Crippen LogP contribution in [0.1, 0.15) is 46.0 Å². The molecule has 0 radical (unpaired) electrons. The van der Waals surface area contributed by atoms with Crippen molar-refractivity contribution in [2.45, 2.75) is 52.0 Å². The van der Waals surface area contributed by atoms with Crippen LogP contribution in [0.3, 0.4) is 0 Å². The highest BCUT2D eigenvalue weighted by Gasteiger charge is 2.33. The number of hydrogen-bond acceptors (Lipinski definition) is 3. The van der Waals surface area contributed by atoms with Crippen LogP contribution in [0.25, 0.3) is 0 Å². The maximum atomic E-state index is 11.5. The first-order chi connectivity index (χ1) is 8.18. The van der Waals surface area contributed by atoms with Crippen LogP contribution in [0.5, 0.6) is 0 Å². The lowest BCUT2D eigenvalue weighted by Crippen LogP contribution is -2.49. The largest absolute Gasteiger partial charge is 0.465 e. The molecule has 0 amide bonds. The molecular formula is C14H25NO2. The zero-order valence-electron chi connectivity index (χ0n) is 11.2. The summed E-state index contributed by atoms with van der Waals surface area (Å²) in [6, 6.07) is 0.678. The number of carbonyl (C=O) groups excluding carboxylic acids is 1. The average molecular weight is 239 g/mol. The number of hydrogen-bond donors (Lipinski definition) is 0. The van der Waals surface area contributed by atoms with Gasteiger partial charge >= 0.3 is 5.97 Å². The Morgan fingerprint density at radius 3 is 2.76 bits per heavy atom. The second-order valence-electron chi connectivity index (χ2n) is 5.79. The molecule has 3 heteroatoms. The van der Waals surface area contributed by atoms with Crippen LogP contribution in [0.15, 0.2) is 0 Å². The fraction of sp³-hybridized carbons (Fsp3) is 0.929.